The van der Waals surface area contributed by atoms with Gasteiger partial charge in [0.25, 0.3) is 0 Å². The van der Waals surface area contributed by atoms with Crippen molar-refractivity contribution in [2.45, 2.75) is 32.2 Å². The Kier molecular flexibility index (Phi) is 1.99. The Labute approximate surface area is 60.6 Å². The third kappa shape index (κ3) is 1.31. The van der Waals surface area contributed by atoms with Crippen LogP contribution < -0.4 is 0 Å². The van der Waals surface area contributed by atoms with Crippen molar-refractivity contribution in [3.05, 3.63) is 0 Å². The largest absolute Gasteiger partial charge is 0.385 e. The monoisotopic (exact) mass is 146 g/mol. The van der Waals surface area contributed by atoms with Crippen LogP contribution in [0, 0.1) is 5.92 Å². The average Bonchev–Trinajstić information content (AvgIpc) is 1.84. The molecule has 0 aliphatic carbocycles. The lowest BCUT2D eigenvalue weighted by Crippen LogP contribution is -2.58. The van der Waals surface area contributed by atoms with Crippen LogP contribution in [0.25, 0.3) is 0 Å². The first kappa shape index (κ1) is 7.98. The van der Waals surface area contributed by atoms with Crippen LogP contribution in [-0.2, 0) is 4.74 Å². The summed E-state index contributed by atoms with van der Waals surface area (Å²) in [5.74, 6) is -0.895. The smallest absolute Gasteiger partial charge is 0.194 e. The van der Waals surface area contributed by atoms with Gasteiger partial charge in [-0.15, -0.1) is 0 Å². The molecule has 1 fully saturated rings. The molecule has 2 atom stereocenters. The number of hydrogen-bond acceptors (Lipinski definition) is 3. The normalized spacial score (nSPS) is 39.9. The van der Waals surface area contributed by atoms with E-state index in [4.69, 9.17) is 9.84 Å². The molecule has 2 unspecified atom stereocenters. The third-order valence-corrected chi connectivity index (χ3v) is 1.71. The van der Waals surface area contributed by atoms with Gasteiger partial charge in [0.1, 0.15) is 6.10 Å². The topological polar surface area (TPSA) is 49.7 Å². The van der Waals surface area contributed by atoms with Gasteiger partial charge in [-0.1, -0.05) is 13.8 Å². The van der Waals surface area contributed by atoms with Crippen LogP contribution in [0.5, 0.6) is 0 Å². The van der Waals surface area contributed by atoms with Gasteiger partial charge in [0.2, 0.25) is 0 Å². The van der Waals surface area contributed by atoms with E-state index in [1.807, 2.05) is 13.8 Å². The van der Waals surface area contributed by atoms with E-state index in [0.29, 0.717) is 12.3 Å². The highest BCUT2D eigenvalue weighted by Gasteiger charge is 2.46. The van der Waals surface area contributed by atoms with Gasteiger partial charge in [-0.05, 0) is 5.92 Å². The predicted molar refractivity (Wildman–Crippen MR) is 36.4 cm³/mol. The molecule has 1 heterocycles. The standard InChI is InChI=1S/C7H14O3/c1-5(2)3-7(9)6(8)4-10-7/h5-6,8-9H,3-4H2,1-2H3. The molecule has 0 bridgehead atoms. The molecule has 0 saturated carbocycles. The summed E-state index contributed by atoms with van der Waals surface area (Å²) in [5, 5.41) is 18.4. The number of aliphatic hydroxyl groups is 2. The van der Waals surface area contributed by atoms with Crippen LogP contribution >= 0.6 is 0 Å². The molecule has 60 valence electrons. The summed E-state index contributed by atoms with van der Waals surface area (Å²) in [7, 11) is 0. The molecule has 0 amide bonds. The Hall–Kier alpha value is -0.120. The lowest BCUT2D eigenvalue weighted by Gasteiger charge is -2.42. The molecule has 1 aliphatic rings. The molecule has 3 nitrogen and oxygen atoms in total. The Morgan fingerprint density at radius 1 is 1.70 bits per heavy atom. The van der Waals surface area contributed by atoms with E-state index >= 15 is 0 Å². The molecule has 0 aromatic heterocycles. The van der Waals surface area contributed by atoms with Gasteiger partial charge in [0, 0.05) is 6.42 Å². The van der Waals surface area contributed by atoms with Crippen molar-refractivity contribution < 1.29 is 14.9 Å². The molecule has 10 heavy (non-hydrogen) atoms. The van der Waals surface area contributed by atoms with Crippen LogP contribution in [0.15, 0.2) is 0 Å². The molecular weight excluding hydrogens is 132 g/mol. The lowest BCUT2D eigenvalue weighted by molar-refractivity contribution is -0.351. The van der Waals surface area contributed by atoms with Gasteiger partial charge in [0.05, 0.1) is 6.61 Å². The number of ether oxygens (including phenoxy) is 1. The van der Waals surface area contributed by atoms with Crippen molar-refractivity contribution in [2.24, 2.45) is 5.92 Å². The average molecular weight is 146 g/mol. The molecule has 0 aromatic carbocycles. The summed E-state index contributed by atoms with van der Waals surface area (Å²) in [5.41, 5.74) is 0. The Balaban J connectivity index is 2.38. The van der Waals surface area contributed by atoms with Crippen molar-refractivity contribution in [3.63, 3.8) is 0 Å². The minimum absolute atomic E-state index is 0.267. The zero-order chi connectivity index (χ0) is 7.78. The Morgan fingerprint density at radius 3 is 2.40 bits per heavy atom. The third-order valence-electron chi connectivity index (χ3n) is 1.71. The van der Waals surface area contributed by atoms with E-state index in [1.165, 1.54) is 0 Å². The van der Waals surface area contributed by atoms with Gasteiger partial charge in [-0.25, -0.2) is 0 Å². The first-order valence-corrected chi connectivity index (χ1v) is 3.59. The van der Waals surface area contributed by atoms with Crippen LogP contribution in [0.1, 0.15) is 20.3 Å². The van der Waals surface area contributed by atoms with Crippen molar-refractivity contribution in [1.82, 2.24) is 0 Å². The van der Waals surface area contributed by atoms with Crippen molar-refractivity contribution in [1.29, 1.82) is 0 Å². The molecule has 1 rings (SSSR count). The fourth-order valence-corrected chi connectivity index (χ4v) is 1.13. The maximum atomic E-state index is 9.38. The first-order chi connectivity index (χ1) is 4.54. The number of hydrogen-bond donors (Lipinski definition) is 2. The van der Waals surface area contributed by atoms with E-state index in [9.17, 15) is 5.11 Å². The summed E-state index contributed by atoms with van der Waals surface area (Å²) in [6.45, 7) is 4.22. The van der Waals surface area contributed by atoms with Gasteiger partial charge in [-0.2, -0.15) is 0 Å². The SMILES string of the molecule is CC(C)CC1(O)OCC1O. The van der Waals surface area contributed by atoms with Crippen molar-refractivity contribution >= 4 is 0 Å². The van der Waals surface area contributed by atoms with Gasteiger partial charge in [0.15, 0.2) is 5.79 Å². The molecule has 2 N–H and O–H groups in total. The van der Waals surface area contributed by atoms with E-state index in [1.54, 1.807) is 0 Å². The zero-order valence-corrected chi connectivity index (χ0v) is 6.37. The van der Waals surface area contributed by atoms with Crippen LogP contribution in [-0.4, -0.2) is 28.7 Å². The van der Waals surface area contributed by atoms with Crippen LogP contribution in [0.2, 0.25) is 0 Å². The van der Waals surface area contributed by atoms with E-state index in [2.05, 4.69) is 0 Å². The van der Waals surface area contributed by atoms with Crippen LogP contribution in [0.3, 0.4) is 0 Å². The van der Waals surface area contributed by atoms with E-state index in [0.717, 1.165) is 0 Å². The van der Waals surface area contributed by atoms with Gasteiger partial charge < -0.3 is 14.9 Å². The van der Waals surface area contributed by atoms with Gasteiger partial charge >= 0.3 is 0 Å². The summed E-state index contributed by atoms with van der Waals surface area (Å²) in [4.78, 5) is 0. The second-order valence-electron chi connectivity index (χ2n) is 3.27. The molecule has 0 spiro atoms. The fourth-order valence-electron chi connectivity index (χ4n) is 1.13. The fraction of sp³-hybridized carbons (Fsp3) is 1.00. The summed E-state index contributed by atoms with van der Waals surface area (Å²) in [6, 6.07) is 0. The van der Waals surface area contributed by atoms with E-state index in [-0.39, 0.29) is 6.61 Å². The number of aliphatic hydroxyl groups excluding tert-OH is 1. The molecule has 0 aromatic rings. The highest BCUT2D eigenvalue weighted by Crippen LogP contribution is 2.30. The Bertz CT molecular complexity index is 124. The summed E-state index contributed by atoms with van der Waals surface area (Å²) >= 11 is 0. The Morgan fingerprint density at radius 2 is 2.30 bits per heavy atom. The highest BCUT2D eigenvalue weighted by molar-refractivity contribution is 4.86. The molecule has 1 aliphatic heterocycles. The first-order valence-electron chi connectivity index (χ1n) is 3.59. The van der Waals surface area contributed by atoms with Gasteiger partial charge in [-0.3, -0.25) is 0 Å². The second-order valence-corrected chi connectivity index (χ2v) is 3.27. The van der Waals surface area contributed by atoms with E-state index < -0.39 is 11.9 Å². The van der Waals surface area contributed by atoms with Crippen molar-refractivity contribution in [2.75, 3.05) is 6.61 Å². The summed E-state index contributed by atoms with van der Waals surface area (Å²) < 4.78 is 4.85. The minimum atomic E-state index is -1.24. The minimum Gasteiger partial charge on any atom is -0.385 e. The molecule has 0 radical (unpaired) electrons. The number of rotatable bonds is 2. The quantitative estimate of drug-likeness (QED) is 0.581. The maximum Gasteiger partial charge on any atom is 0.194 e. The highest BCUT2D eigenvalue weighted by atomic mass is 16.7. The maximum absolute atomic E-state index is 9.38. The molecule has 3 heteroatoms. The van der Waals surface area contributed by atoms with Crippen molar-refractivity contribution in [3.8, 4) is 0 Å². The second kappa shape index (κ2) is 2.49. The molecule has 1 saturated heterocycles. The lowest BCUT2D eigenvalue weighted by atomic mass is 9.95. The van der Waals surface area contributed by atoms with Crippen LogP contribution in [0.4, 0.5) is 0 Å². The predicted octanol–water partition coefficient (Wildman–Crippen LogP) is 0.112. The zero-order valence-electron chi connectivity index (χ0n) is 6.37. The molecular formula is C7H14O3. The summed E-state index contributed by atoms with van der Waals surface area (Å²) in [6.07, 6.45) is -0.177.